The summed E-state index contributed by atoms with van der Waals surface area (Å²) in [5, 5.41) is 16.9. The Hall–Kier alpha value is -2.16. The number of carboxylic acids is 1. The van der Waals surface area contributed by atoms with E-state index < -0.39 is 11.5 Å². The van der Waals surface area contributed by atoms with Crippen LogP contribution in [0.5, 0.6) is 0 Å². The fourth-order valence-corrected chi connectivity index (χ4v) is 2.49. The van der Waals surface area contributed by atoms with E-state index >= 15 is 0 Å². The number of aliphatic carboxylic acids is 1. The van der Waals surface area contributed by atoms with Crippen molar-refractivity contribution in [1.29, 1.82) is 0 Å². The molecule has 9 heteroatoms. The predicted molar refractivity (Wildman–Crippen MR) is 71.7 cm³/mol. The van der Waals surface area contributed by atoms with Gasteiger partial charge in [-0.2, -0.15) is 4.98 Å². The zero-order valence-electron chi connectivity index (χ0n) is 10.9. The van der Waals surface area contributed by atoms with Crippen LogP contribution in [-0.2, 0) is 11.8 Å². The summed E-state index contributed by atoms with van der Waals surface area (Å²) in [6.45, 7) is 1.88. The largest absolute Gasteiger partial charge is 0.481 e. The van der Waals surface area contributed by atoms with Crippen LogP contribution in [0.1, 0.15) is 18.8 Å². The molecule has 2 aromatic heterocycles. The maximum Gasteiger partial charge on any atom is 0.313 e. The Labute approximate surface area is 118 Å². The average Bonchev–Trinajstić information content (AvgIpc) is 2.82. The van der Waals surface area contributed by atoms with Crippen molar-refractivity contribution in [3.63, 3.8) is 0 Å². The van der Waals surface area contributed by atoms with Gasteiger partial charge in [0.15, 0.2) is 11.0 Å². The highest BCUT2D eigenvalue weighted by molar-refractivity contribution is 7.99. The summed E-state index contributed by atoms with van der Waals surface area (Å²) in [7, 11) is 1.81. The van der Waals surface area contributed by atoms with Gasteiger partial charge in [-0.05, 0) is 6.92 Å². The summed E-state index contributed by atoms with van der Waals surface area (Å²) in [5.74, 6) is -0.444. The third-order valence-electron chi connectivity index (χ3n) is 2.67. The van der Waals surface area contributed by atoms with Crippen LogP contribution in [0.25, 0.3) is 0 Å². The van der Waals surface area contributed by atoms with Gasteiger partial charge in [0.1, 0.15) is 6.33 Å². The molecule has 1 unspecified atom stereocenters. The molecule has 0 aliphatic carbocycles. The van der Waals surface area contributed by atoms with Gasteiger partial charge in [0.2, 0.25) is 0 Å². The Morgan fingerprint density at radius 3 is 2.90 bits per heavy atom. The van der Waals surface area contributed by atoms with Crippen molar-refractivity contribution in [1.82, 2.24) is 24.3 Å². The fourth-order valence-electron chi connectivity index (χ4n) is 1.72. The molecule has 106 valence electrons. The second kappa shape index (κ2) is 5.87. The van der Waals surface area contributed by atoms with Crippen LogP contribution >= 0.6 is 11.8 Å². The molecule has 2 rings (SSSR count). The van der Waals surface area contributed by atoms with Crippen LogP contribution < -0.4 is 5.56 Å². The second-order valence-corrected chi connectivity index (χ2v) is 5.06. The molecular weight excluding hydrogens is 282 g/mol. The van der Waals surface area contributed by atoms with Crippen LogP contribution in [0.3, 0.4) is 0 Å². The van der Waals surface area contributed by atoms with Gasteiger partial charge in [-0.1, -0.05) is 11.8 Å². The van der Waals surface area contributed by atoms with Gasteiger partial charge < -0.3 is 14.2 Å². The number of carbonyl (C=O) groups is 1. The van der Waals surface area contributed by atoms with Crippen molar-refractivity contribution in [3.8, 4) is 0 Å². The monoisotopic (exact) mass is 295 g/mol. The lowest BCUT2D eigenvalue weighted by Gasteiger charge is -2.17. The third-order valence-corrected chi connectivity index (χ3v) is 3.62. The molecule has 0 bridgehead atoms. The Kier molecular flexibility index (Phi) is 4.18. The molecule has 0 radical (unpaired) electrons. The first kappa shape index (κ1) is 14.3. The number of nitrogens with zero attached hydrogens (tertiary/aromatic N) is 5. The van der Waals surface area contributed by atoms with Gasteiger partial charge in [0, 0.05) is 19.3 Å². The Balaban J connectivity index is 2.37. The van der Waals surface area contributed by atoms with E-state index in [0.29, 0.717) is 11.0 Å². The van der Waals surface area contributed by atoms with E-state index in [9.17, 15) is 9.59 Å². The van der Waals surface area contributed by atoms with Gasteiger partial charge >= 0.3 is 5.97 Å². The van der Waals surface area contributed by atoms with Gasteiger partial charge in [-0.3, -0.25) is 9.59 Å². The van der Waals surface area contributed by atoms with Crippen LogP contribution in [-0.4, -0.2) is 41.1 Å². The molecule has 8 nitrogen and oxygen atoms in total. The summed E-state index contributed by atoms with van der Waals surface area (Å²) in [6.07, 6.45) is 3.16. The number of thioether (sulfide) groups is 1. The van der Waals surface area contributed by atoms with Gasteiger partial charge in [0.25, 0.3) is 5.56 Å². The second-order valence-electron chi connectivity index (χ2n) is 4.11. The van der Waals surface area contributed by atoms with Crippen LogP contribution in [0.4, 0.5) is 0 Å². The van der Waals surface area contributed by atoms with Gasteiger partial charge in [-0.15, -0.1) is 10.2 Å². The maximum absolute atomic E-state index is 11.3. The van der Waals surface area contributed by atoms with Gasteiger partial charge in [0.05, 0.1) is 11.8 Å². The number of carboxylic acid groups (broad SMARTS) is 1. The Morgan fingerprint density at radius 2 is 2.30 bits per heavy atom. The highest BCUT2D eigenvalue weighted by Crippen LogP contribution is 2.21. The van der Waals surface area contributed by atoms with Crippen LogP contribution in [0, 0.1) is 0 Å². The molecule has 0 aliphatic heterocycles. The quantitative estimate of drug-likeness (QED) is 0.619. The normalized spacial score (nSPS) is 12.3. The molecule has 2 aromatic rings. The van der Waals surface area contributed by atoms with Crippen molar-refractivity contribution < 1.29 is 9.90 Å². The summed E-state index contributed by atoms with van der Waals surface area (Å²) in [6, 6.07) is 1.12. The van der Waals surface area contributed by atoms with E-state index in [4.69, 9.17) is 5.11 Å². The molecule has 0 saturated carbocycles. The van der Waals surface area contributed by atoms with E-state index in [1.54, 1.807) is 21.7 Å². The minimum atomic E-state index is -0.967. The summed E-state index contributed by atoms with van der Waals surface area (Å²) < 4.78 is 3.47. The number of rotatable bonds is 5. The minimum absolute atomic E-state index is 0.165. The first-order valence-corrected chi connectivity index (χ1v) is 6.75. The highest BCUT2D eigenvalue weighted by atomic mass is 32.2. The molecule has 2 heterocycles. The maximum atomic E-state index is 11.3. The van der Waals surface area contributed by atoms with Crippen molar-refractivity contribution in [2.45, 2.75) is 18.1 Å². The van der Waals surface area contributed by atoms with Crippen molar-refractivity contribution in [2.75, 3.05) is 5.75 Å². The molecule has 1 atom stereocenters. The zero-order valence-corrected chi connectivity index (χ0v) is 11.7. The fraction of sp³-hybridized carbons (Fsp3) is 0.364. The molecule has 0 fully saturated rings. The lowest BCUT2D eigenvalue weighted by molar-refractivity contribution is -0.133. The summed E-state index contributed by atoms with van der Waals surface area (Å²) >= 11 is 0.996. The smallest absolute Gasteiger partial charge is 0.313 e. The van der Waals surface area contributed by atoms with E-state index in [-0.39, 0.29) is 11.8 Å². The summed E-state index contributed by atoms with van der Waals surface area (Å²) in [5.41, 5.74) is -0.403. The molecular formula is C11H13N5O3S. The van der Waals surface area contributed by atoms with E-state index in [1.807, 2.05) is 14.0 Å². The van der Waals surface area contributed by atoms with E-state index in [2.05, 4.69) is 15.2 Å². The van der Waals surface area contributed by atoms with Crippen LogP contribution in [0.15, 0.2) is 28.5 Å². The first-order valence-electron chi connectivity index (χ1n) is 5.76. The lowest BCUT2D eigenvalue weighted by atomic mass is 10.3. The van der Waals surface area contributed by atoms with E-state index in [1.165, 1.54) is 6.07 Å². The molecule has 0 aromatic carbocycles. The minimum Gasteiger partial charge on any atom is -0.481 e. The third kappa shape index (κ3) is 3.05. The molecule has 1 N–H and O–H groups in total. The molecule has 20 heavy (non-hydrogen) atoms. The zero-order chi connectivity index (χ0) is 14.7. The van der Waals surface area contributed by atoms with Gasteiger partial charge in [-0.25, -0.2) is 0 Å². The molecule has 0 aliphatic rings. The first-order chi connectivity index (χ1) is 9.49. The number of aryl methyl sites for hydroxylation is 1. The van der Waals surface area contributed by atoms with Crippen molar-refractivity contribution >= 4 is 17.7 Å². The topological polar surface area (TPSA) is 103 Å². The number of hydrogen-bond donors (Lipinski definition) is 1. The Bertz CT molecular complexity index is 681. The number of aromatic nitrogens is 5. The molecule has 0 saturated heterocycles. The number of hydrogen-bond acceptors (Lipinski definition) is 6. The predicted octanol–water partition coefficient (Wildman–Crippen LogP) is 0.158. The Morgan fingerprint density at radius 1 is 1.55 bits per heavy atom. The highest BCUT2D eigenvalue weighted by Gasteiger charge is 2.17. The molecule has 0 amide bonds. The lowest BCUT2D eigenvalue weighted by Crippen LogP contribution is -2.19. The van der Waals surface area contributed by atoms with Crippen molar-refractivity contribution in [2.24, 2.45) is 7.05 Å². The summed E-state index contributed by atoms with van der Waals surface area (Å²) in [4.78, 5) is 25.9. The standard InChI is InChI=1S/C11H13N5O3S/c1-7(10-14-12-6-15(10)2)16-4-3-8(17)13-11(16)20-5-9(18)19/h3-4,6-7H,5H2,1-2H3,(H,18,19). The SMILES string of the molecule is CC(c1nncn1C)n1ccc(=O)nc1SCC(=O)O. The van der Waals surface area contributed by atoms with E-state index in [0.717, 1.165) is 11.8 Å². The average molecular weight is 295 g/mol. The van der Waals surface area contributed by atoms with Crippen molar-refractivity contribution in [3.05, 3.63) is 34.8 Å². The van der Waals surface area contributed by atoms with Crippen LogP contribution in [0.2, 0.25) is 0 Å². The molecule has 0 spiro atoms.